The largest absolute Gasteiger partial charge is 0.494 e. The highest BCUT2D eigenvalue weighted by molar-refractivity contribution is 6.02. The van der Waals surface area contributed by atoms with E-state index in [9.17, 15) is 27.9 Å². The third kappa shape index (κ3) is 4.17. The van der Waals surface area contributed by atoms with Gasteiger partial charge >= 0.3 is 12.2 Å². The summed E-state index contributed by atoms with van der Waals surface area (Å²) < 4.78 is 40.7. The van der Waals surface area contributed by atoms with Gasteiger partial charge in [0.05, 0.1) is 22.5 Å². The molecule has 182 valence electrons. The lowest BCUT2D eigenvalue weighted by Gasteiger charge is -2.15. The number of urea groups is 1. The molecule has 0 unspecified atom stereocenters. The predicted molar refractivity (Wildman–Crippen MR) is 131 cm³/mol. The number of carbonyl (C=O) groups excluding carboxylic acids is 1. The SMILES string of the molecule is O=C1NCCN1c1cccc(N=Cc2c(O)n(-c3cccc(C(F)(F)F)c3)c(=O)c3ccccc23)c1. The molecule has 4 aromatic rings. The second-order valence-corrected chi connectivity index (χ2v) is 8.13. The van der Waals surface area contributed by atoms with Crippen LogP contribution in [0, 0.1) is 0 Å². The number of aromatic nitrogens is 1. The molecular formula is C26H19F3N4O3. The standard InChI is InChI=1S/C26H19F3N4O3/c27-26(28,29)16-5-3-8-19(13-16)33-23(34)21-10-2-1-9-20(21)22(24(33)35)15-31-17-6-4-7-18(14-17)32-12-11-30-25(32)36/h1-10,13-15,35H,11-12H2,(H,30,36). The van der Waals surface area contributed by atoms with E-state index in [-0.39, 0.29) is 22.7 Å². The van der Waals surface area contributed by atoms with Gasteiger partial charge in [-0.15, -0.1) is 0 Å². The normalized spacial score (nSPS) is 14.1. The predicted octanol–water partition coefficient (Wildman–Crippen LogP) is 5.00. The first kappa shape index (κ1) is 23.2. The Morgan fingerprint density at radius 2 is 1.64 bits per heavy atom. The van der Waals surface area contributed by atoms with Crippen molar-refractivity contribution in [3.05, 3.63) is 94.3 Å². The lowest BCUT2D eigenvalue weighted by atomic mass is 10.1. The maximum atomic E-state index is 13.3. The van der Waals surface area contributed by atoms with Crippen LogP contribution in [-0.2, 0) is 6.18 Å². The fourth-order valence-electron chi connectivity index (χ4n) is 4.15. The van der Waals surface area contributed by atoms with Crippen molar-refractivity contribution in [2.24, 2.45) is 4.99 Å². The lowest BCUT2D eigenvalue weighted by Crippen LogP contribution is -2.27. The Labute approximate surface area is 202 Å². The minimum atomic E-state index is -4.62. The number of aromatic hydroxyl groups is 1. The molecule has 1 aliphatic rings. The van der Waals surface area contributed by atoms with E-state index in [1.165, 1.54) is 24.4 Å². The second-order valence-electron chi connectivity index (χ2n) is 8.13. The van der Waals surface area contributed by atoms with Gasteiger partial charge in [-0.2, -0.15) is 13.2 Å². The minimum Gasteiger partial charge on any atom is -0.494 e. The molecular weight excluding hydrogens is 473 g/mol. The van der Waals surface area contributed by atoms with Crippen LogP contribution in [-0.4, -0.2) is 35.0 Å². The van der Waals surface area contributed by atoms with Crippen LogP contribution in [0.25, 0.3) is 16.5 Å². The molecule has 0 aliphatic carbocycles. The Bertz CT molecular complexity index is 1580. The molecule has 0 atom stereocenters. The van der Waals surface area contributed by atoms with Crippen LogP contribution >= 0.6 is 0 Å². The number of carbonyl (C=O) groups is 1. The monoisotopic (exact) mass is 492 g/mol. The average molecular weight is 492 g/mol. The Balaban J connectivity index is 1.64. The number of rotatable bonds is 4. The van der Waals surface area contributed by atoms with Crippen molar-refractivity contribution < 1.29 is 23.1 Å². The highest BCUT2D eigenvalue weighted by Crippen LogP contribution is 2.32. The topological polar surface area (TPSA) is 86.9 Å². The number of benzene rings is 3. The van der Waals surface area contributed by atoms with E-state index in [0.29, 0.717) is 29.9 Å². The highest BCUT2D eigenvalue weighted by Gasteiger charge is 2.31. The number of alkyl halides is 3. The summed E-state index contributed by atoms with van der Waals surface area (Å²) in [5.41, 5.74) is -0.462. The van der Waals surface area contributed by atoms with E-state index in [1.54, 1.807) is 47.4 Å². The lowest BCUT2D eigenvalue weighted by molar-refractivity contribution is -0.137. The molecule has 2 N–H and O–H groups in total. The van der Waals surface area contributed by atoms with Crippen LogP contribution in [0.5, 0.6) is 5.88 Å². The Morgan fingerprint density at radius 3 is 2.36 bits per heavy atom. The number of anilines is 1. The number of hydrogen-bond donors (Lipinski definition) is 2. The molecule has 7 nitrogen and oxygen atoms in total. The van der Waals surface area contributed by atoms with Crippen LogP contribution in [0.4, 0.5) is 29.3 Å². The van der Waals surface area contributed by atoms with E-state index < -0.39 is 23.2 Å². The van der Waals surface area contributed by atoms with Crippen LogP contribution in [0.15, 0.2) is 82.6 Å². The summed E-state index contributed by atoms with van der Waals surface area (Å²) in [6, 6.07) is 17.3. The van der Waals surface area contributed by atoms with Gasteiger partial charge in [0.1, 0.15) is 0 Å². The van der Waals surface area contributed by atoms with Crippen molar-refractivity contribution in [1.29, 1.82) is 0 Å². The Kier molecular flexibility index (Phi) is 5.71. The van der Waals surface area contributed by atoms with E-state index in [0.717, 1.165) is 16.7 Å². The second kappa shape index (κ2) is 8.88. The fraction of sp³-hybridized carbons (Fsp3) is 0.115. The van der Waals surface area contributed by atoms with Gasteiger partial charge in [-0.05, 0) is 42.5 Å². The molecule has 10 heteroatoms. The molecule has 1 aromatic heterocycles. The molecule has 2 heterocycles. The zero-order valence-electron chi connectivity index (χ0n) is 18.7. The maximum absolute atomic E-state index is 13.3. The van der Waals surface area contributed by atoms with E-state index in [1.807, 2.05) is 0 Å². The van der Waals surface area contributed by atoms with Gasteiger partial charge in [-0.3, -0.25) is 14.7 Å². The molecule has 1 aliphatic heterocycles. The number of nitrogens with zero attached hydrogens (tertiary/aromatic N) is 3. The Morgan fingerprint density at radius 1 is 0.917 bits per heavy atom. The number of nitrogens with one attached hydrogen (secondary N) is 1. The van der Waals surface area contributed by atoms with E-state index >= 15 is 0 Å². The van der Waals surface area contributed by atoms with Gasteiger partial charge in [0.2, 0.25) is 5.88 Å². The van der Waals surface area contributed by atoms with E-state index in [4.69, 9.17) is 0 Å². The van der Waals surface area contributed by atoms with Crippen LogP contribution in [0.3, 0.4) is 0 Å². The van der Waals surface area contributed by atoms with Crippen molar-refractivity contribution >= 4 is 34.4 Å². The number of amides is 2. The highest BCUT2D eigenvalue weighted by atomic mass is 19.4. The van der Waals surface area contributed by atoms with Gasteiger partial charge < -0.3 is 10.4 Å². The number of halogens is 3. The third-order valence-electron chi connectivity index (χ3n) is 5.88. The van der Waals surface area contributed by atoms with Gasteiger partial charge in [0.15, 0.2) is 0 Å². The molecule has 0 bridgehead atoms. The minimum absolute atomic E-state index is 0.130. The quantitative estimate of drug-likeness (QED) is 0.394. The zero-order chi connectivity index (χ0) is 25.4. The number of hydrogen-bond acceptors (Lipinski definition) is 4. The molecule has 3 aromatic carbocycles. The smallest absolute Gasteiger partial charge is 0.416 e. The third-order valence-corrected chi connectivity index (χ3v) is 5.88. The van der Waals surface area contributed by atoms with Gasteiger partial charge in [-0.25, -0.2) is 9.36 Å². The van der Waals surface area contributed by atoms with Crippen LogP contribution in [0.1, 0.15) is 11.1 Å². The van der Waals surface area contributed by atoms with Crippen LogP contribution < -0.4 is 15.8 Å². The van der Waals surface area contributed by atoms with Crippen molar-refractivity contribution in [3.63, 3.8) is 0 Å². The summed E-state index contributed by atoms with van der Waals surface area (Å²) in [6.45, 7) is 1.04. The first-order chi connectivity index (χ1) is 17.2. The van der Waals surface area contributed by atoms with Crippen molar-refractivity contribution in [2.75, 3.05) is 18.0 Å². The Hall–Kier alpha value is -4.60. The molecule has 2 amide bonds. The molecule has 1 fully saturated rings. The zero-order valence-corrected chi connectivity index (χ0v) is 18.7. The van der Waals surface area contributed by atoms with Crippen molar-refractivity contribution in [1.82, 2.24) is 9.88 Å². The molecule has 36 heavy (non-hydrogen) atoms. The first-order valence-corrected chi connectivity index (χ1v) is 11.0. The number of pyridine rings is 1. The summed E-state index contributed by atoms with van der Waals surface area (Å²) in [7, 11) is 0. The molecule has 0 radical (unpaired) electrons. The molecule has 0 spiro atoms. The first-order valence-electron chi connectivity index (χ1n) is 11.0. The number of fused-ring (bicyclic) bond motifs is 1. The molecule has 5 rings (SSSR count). The van der Waals surface area contributed by atoms with Crippen molar-refractivity contribution in [3.8, 4) is 11.6 Å². The summed E-state index contributed by atoms with van der Waals surface area (Å²) in [4.78, 5) is 31.2. The fourth-order valence-corrected chi connectivity index (χ4v) is 4.15. The summed E-state index contributed by atoms with van der Waals surface area (Å²) in [6.07, 6.45) is -3.27. The summed E-state index contributed by atoms with van der Waals surface area (Å²) in [5.74, 6) is -0.545. The summed E-state index contributed by atoms with van der Waals surface area (Å²) in [5, 5.41) is 14.4. The molecule has 1 saturated heterocycles. The van der Waals surface area contributed by atoms with Crippen LogP contribution in [0.2, 0.25) is 0 Å². The molecule has 0 saturated carbocycles. The van der Waals surface area contributed by atoms with Gasteiger partial charge in [-0.1, -0.05) is 30.3 Å². The van der Waals surface area contributed by atoms with Crippen molar-refractivity contribution in [2.45, 2.75) is 6.18 Å². The summed E-state index contributed by atoms with van der Waals surface area (Å²) >= 11 is 0. The van der Waals surface area contributed by atoms with Gasteiger partial charge in [0.25, 0.3) is 5.56 Å². The number of aliphatic imine (C=N–C) groups is 1. The maximum Gasteiger partial charge on any atom is 0.416 e. The van der Waals surface area contributed by atoms with Gasteiger partial charge in [0, 0.05) is 35.8 Å². The average Bonchev–Trinajstić information content (AvgIpc) is 3.30. The van der Waals surface area contributed by atoms with E-state index in [2.05, 4.69) is 10.3 Å².